The van der Waals surface area contributed by atoms with Gasteiger partial charge in [0.05, 0.1) is 23.9 Å². The first kappa shape index (κ1) is 17.6. The number of aryl methyl sites for hydroxylation is 2. The molecule has 2 aromatic rings. The maximum Gasteiger partial charge on any atom is 0.132 e. The third kappa shape index (κ3) is 4.05. The monoisotopic (exact) mass is 355 g/mol. The predicted octanol–water partition coefficient (Wildman–Crippen LogP) is 4.21. The molecule has 25 heavy (non-hydrogen) atoms. The van der Waals surface area contributed by atoms with Crippen molar-refractivity contribution in [1.29, 1.82) is 0 Å². The molecule has 2 heterocycles. The number of benzene rings is 1. The predicted molar refractivity (Wildman–Crippen MR) is 102 cm³/mol. The summed E-state index contributed by atoms with van der Waals surface area (Å²) in [4.78, 5) is 2.22. The Morgan fingerprint density at radius 1 is 1.24 bits per heavy atom. The number of nitrogens with zero attached hydrogens (tertiary/aromatic N) is 3. The molecular formula is C20H22ClN3O. The Hall–Kier alpha value is -2.26. The molecule has 0 aliphatic carbocycles. The smallest absolute Gasteiger partial charge is 0.132 e. The van der Waals surface area contributed by atoms with Crippen LogP contribution in [-0.4, -0.2) is 41.0 Å². The summed E-state index contributed by atoms with van der Waals surface area (Å²) in [5.41, 5.74) is 7.04. The average Bonchev–Trinajstić information content (AvgIpc) is 3.02. The lowest BCUT2D eigenvalue weighted by Gasteiger charge is -2.31. The number of rotatable bonds is 4. The minimum Gasteiger partial charge on any atom is -0.378 e. The molecule has 0 bridgehead atoms. The lowest BCUT2D eigenvalue weighted by atomic mass is 10.1. The van der Waals surface area contributed by atoms with Crippen LogP contribution in [0.25, 0.3) is 17.1 Å². The molecule has 5 heteroatoms. The fraction of sp³-hybridized carbons (Fsp3) is 0.300. The van der Waals surface area contributed by atoms with Crippen molar-refractivity contribution in [3.8, 4) is 11.3 Å². The van der Waals surface area contributed by atoms with Gasteiger partial charge in [-0.2, -0.15) is 5.10 Å². The van der Waals surface area contributed by atoms with Crippen molar-refractivity contribution < 1.29 is 4.74 Å². The summed E-state index contributed by atoms with van der Waals surface area (Å²) in [6.45, 7) is 10.7. The quantitative estimate of drug-likeness (QED) is 0.608. The summed E-state index contributed by atoms with van der Waals surface area (Å²) in [6, 6.07) is 10.5. The van der Waals surface area contributed by atoms with Crippen LogP contribution in [0.15, 0.2) is 53.8 Å². The lowest BCUT2D eigenvalue weighted by Crippen LogP contribution is -2.37. The van der Waals surface area contributed by atoms with Crippen molar-refractivity contribution in [3.63, 3.8) is 0 Å². The molecule has 1 aromatic heterocycles. The van der Waals surface area contributed by atoms with Gasteiger partial charge in [0.2, 0.25) is 0 Å². The van der Waals surface area contributed by atoms with Gasteiger partial charge >= 0.3 is 0 Å². The van der Waals surface area contributed by atoms with Gasteiger partial charge in [-0.3, -0.25) is 0 Å². The van der Waals surface area contributed by atoms with Gasteiger partial charge in [0.1, 0.15) is 5.82 Å². The van der Waals surface area contributed by atoms with E-state index in [2.05, 4.69) is 54.5 Å². The van der Waals surface area contributed by atoms with Crippen LogP contribution in [-0.2, 0) is 4.74 Å². The molecule has 4 nitrogen and oxygen atoms in total. The van der Waals surface area contributed by atoms with Crippen molar-refractivity contribution in [3.05, 3.63) is 65.0 Å². The summed E-state index contributed by atoms with van der Waals surface area (Å²) < 4.78 is 7.40. The Kier molecular flexibility index (Phi) is 5.44. The second kappa shape index (κ2) is 7.75. The highest BCUT2D eigenvalue weighted by Crippen LogP contribution is 2.24. The maximum atomic E-state index is 6.19. The van der Waals surface area contributed by atoms with Crippen molar-refractivity contribution in [2.45, 2.75) is 13.8 Å². The molecule has 0 atom stereocenters. The van der Waals surface area contributed by atoms with Crippen molar-refractivity contribution >= 4 is 17.4 Å². The van der Waals surface area contributed by atoms with Crippen LogP contribution in [0, 0.1) is 13.8 Å². The van der Waals surface area contributed by atoms with Gasteiger partial charge in [-0.1, -0.05) is 48.0 Å². The van der Waals surface area contributed by atoms with Crippen LogP contribution in [0.5, 0.6) is 0 Å². The molecule has 0 amide bonds. The van der Waals surface area contributed by atoms with Gasteiger partial charge in [0.15, 0.2) is 0 Å². The van der Waals surface area contributed by atoms with E-state index >= 15 is 0 Å². The average molecular weight is 356 g/mol. The van der Waals surface area contributed by atoms with E-state index in [0.29, 0.717) is 18.2 Å². The van der Waals surface area contributed by atoms with E-state index < -0.39 is 0 Å². The number of halogens is 1. The molecule has 1 fully saturated rings. The first-order chi connectivity index (χ1) is 12.1. The third-order valence-electron chi connectivity index (χ3n) is 4.21. The van der Waals surface area contributed by atoms with Gasteiger partial charge in [-0.25, -0.2) is 4.68 Å². The second-order valence-electron chi connectivity index (χ2n) is 6.08. The summed E-state index contributed by atoms with van der Waals surface area (Å²) in [5.74, 6) is 0.917. The van der Waals surface area contributed by atoms with Crippen molar-refractivity contribution in [2.75, 3.05) is 26.3 Å². The molecule has 3 rings (SSSR count). The van der Waals surface area contributed by atoms with E-state index in [4.69, 9.17) is 21.4 Å². The standard InChI is InChI=1S/C20H22ClN3O/c1-4-18(21)14-20(23-9-11-25-12-10-23)24-16(3)13-19(22-24)17-7-5-15(2)6-8-17/h5-8,13-14H,1,9-12H2,2-3H3/b20-14-. The molecule has 0 unspecified atom stereocenters. The zero-order chi connectivity index (χ0) is 17.8. The third-order valence-corrected chi connectivity index (χ3v) is 4.45. The van der Waals surface area contributed by atoms with Gasteiger partial charge < -0.3 is 9.64 Å². The van der Waals surface area contributed by atoms with Crippen LogP contribution in [0.2, 0.25) is 0 Å². The fourth-order valence-electron chi connectivity index (χ4n) is 2.81. The van der Waals surface area contributed by atoms with Crippen molar-refractivity contribution in [1.82, 2.24) is 14.7 Å². The molecule has 1 aromatic carbocycles. The first-order valence-electron chi connectivity index (χ1n) is 8.32. The first-order valence-corrected chi connectivity index (χ1v) is 8.70. The minimum absolute atomic E-state index is 0.466. The number of aromatic nitrogens is 2. The van der Waals surface area contributed by atoms with Crippen molar-refractivity contribution in [2.24, 2.45) is 0 Å². The molecule has 1 aliphatic heterocycles. The molecule has 0 radical (unpaired) electrons. The minimum atomic E-state index is 0.466. The Balaban J connectivity index is 2.02. The highest BCUT2D eigenvalue weighted by molar-refractivity contribution is 6.31. The zero-order valence-corrected chi connectivity index (χ0v) is 15.4. The Morgan fingerprint density at radius 2 is 1.92 bits per heavy atom. The lowest BCUT2D eigenvalue weighted by molar-refractivity contribution is 0.0611. The van der Waals surface area contributed by atoms with Crippen LogP contribution in [0.3, 0.4) is 0 Å². The summed E-state index contributed by atoms with van der Waals surface area (Å²) >= 11 is 6.19. The Labute approximate surface area is 153 Å². The number of allylic oxidation sites excluding steroid dienone is 2. The molecule has 1 aliphatic rings. The van der Waals surface area contributed by atoms with E-state index in [9.17, 15) is 0 Å². The highest BCUT2D eigenvalue weighted by Gasteiger charge is 2.19. The highest BCUT2D eigenvalue weighted by atomic mass is 35.5. The van der Waals surface area contributed by atoms with Crippen LogP contribution in [0.4, 0.5) is 0 Å². The zero-order valence-electron chi connectivity index (χ0n) is 14.6. The summed E-state index contributed by atoms with van der Waals surface area (Å²) in [7, 11) is 0. The SMILES string of the molecule is C=C=C(Cl)/C=C(/N1CCOCC1)n1nc(-c2ccc(C)cc2)cc1C. The molecule has 0 saturated carbocycles. The fourth-order valence-corrected chi connectivity index (χ4v) is 2.91. The number of hydrogen-bond donors (Lipinski definition) is 0. The largest absolute Gasteiger partial charge is 0.378 e. The topological polar surface area (TPSA) is 30.3 Å². The van der Waals surface area contributed by atoms with Gasteiger partial charge in [-0.15, -0.1) is 5.73 Å². The number of hydrogen-bond acceptors (Lipinski definition) is 3. The molecule has 130 valence electrons. The normalized spacial score (nSPS) is 15.2. The van der Waals surface area contributed by atoms with E-state index in [1.54, 1.807) is 0 Å². The van der Waals surface area contributed by atoms with Crippen LogP contribution in [0.1, 0.15) is 11.3 Å². The molecular weight excluding hydrogens is 334 g/mol. The molecule has 1 saturated heterocycles. The maximum absolute atomic E-state index is 6.19. The molecule has 0 spiro atoms. The number of ether oxygens (including phenoxy) is 1. The van der Waals surface area contributed by atoms with E-state index in [-0.39, 0.29) is 0 Å². The van der Waals surface area contributed by atoms with E-state index in [0.717, 1.165) is 35.9 Å². The van der Waals surface area contributed by atoms with Crippen LogP contribution >= 0.6 is 11.6 Å². The van der Waals surface area contributed by atoms with E-state index in [1.165, 1.54) is 5.56 Å². The molecule has 0 N–H and O–H groups in total. The Bertz CT molecular complexity index is 823. The second-order valence-corrected chi connectivity index (χ2v) is 6.48. The Morgan fingerprint density at radius 3 is 2.56 bits per heavy atom. The van der Waals surface area contributed by atoms with Gasteiger partial charge in [-0.05, 0) is 19.9 Å². The van der Waals surface area contributed by atoms with Gasteiger partial charge in [0.25, 0.3) is 0 Å². The summed E-state index contributed by atoms with van der Waals surface area (Å²) in [6.07, 6.45) is 1.86. The van der Waals surface area contributed by atoms with E-state index in [1.807, 2.05) is 17.7 Å². The number of morpholine rings is 1. The van der Waals surface area contributed by atoms with Crippen LogP contribution < -0.4 is 0 Å². The summed E-state index contributed by atoms with van der Waals surface area (Å²) in [5, 5.41) is 5.28. The van der Waals surface area contributed by atoms with Gasteiger partial charge in [0, 0.05) is 30.4 Å².